The van der Waals surface area contributed by atoms with E-state index in [1.165, 1.54) is 23.9 Å². The summed E-state index contributed by atoms with van der Waals surface area (Å²) in [6, 6.07) is 15.2. The molecule has 0 aliphatic heterocycles. The van der Waals surface area contributed by atoms with Crippen molar-refractivity contribution in [1.29, 1.82) is 0 Å². The lowest BCUT2D eigenvalue weighted by molar-refractivity contribution is 0.0695. The van der Waals surface area contributed by atoms with Gasteiger partial charge >= 0.3 is 11.9 Å². The van der Waals surface area contributed by atoms with E-state index in [2.05, 4.69) is 0 Å². The first-order chi connectivity index (χ1) is 11.5. The zero-order valence-electron chi connectivity index (χ0n) is 12.4. The third kappa shape index (κ3) is 2.79. The molecule has 3 rings (SSSR count). The van der Waals surface area contributed by atoms with Crippen LogP contribution in [0.3, 0.4) is 0 Å². The van der Waals surface area contributed by atoms with Gasteiger partial charge in [0.2, 0.25) is 0 Å². The van der Waals surface area contributed by atoms with Gasteiger partial charge in [-0.15, -0.1) is 0 Å². The number of anilines is 1. The maximum atomic E-state index is 11.5. The summed E-state index contributed by atoms with van der Waals surface area (Å²) in [6.07, 6.45) is 0. The Balaban J connectivity index is 2.26. The number of nitrogens with two attached hydrogens (primary N) is 1. The summed E-state index contributed by atoms with van der Waals surface area (Å²) in [5, 5.41) is 19.6. The fourth-order valence-electron chi connectivity index (χ4n) is 2.52. The van der Waals surface area contributed by atoms with Crippen molar-refractivity contribution < 1.29 is 19.8 Å². The summed E-state index contributed by atoms with van der Waals surface area (Å²) < 4.78 is 0. The maximum Gasteiger partial charge on any atom is 0.336 e. The van der Waals surface area contributed by atoms with Gasteiger partial charge in [-0.25, -0.2) is 9.59 Å². The van der Waals surface area contributed by atoms with Gasteiger partial charge in [-0.2, -0.15) is 0 Å². The van der Waals surface area contributed by atoms with E-state index in [1.54, 1.807) is 24.3 Å². The molecule has 4 N–H and O–H groups in total. The average molecular weight is 339 g/mol. The molecule has 0 amide bonds. The van der Waals surface area contributed by atoms with Crippen LogP contribution in [0.5, 0.6) is 0 Å². The van der Waals surface area contributed by atoms with E-state index in [1.807, 2.05) is 18.2 Å². The van der Waals surface area contributed by atoms with Gasteiger partial charge < -0.3 is 15.9 Å². The molecule has 5 nitrogen and oxygen atoms in total. The molecule has 120 valence electrons. The molecule has 24 heavy (non-hydrogen) atoms. The molecular formula is C18H13NO4S. The largest absolute Gasteiger partial charge is 0.478 e. The van der Waals surface area contributed by atoms with Crippen LogP contribution in [0.25, 0.3) is 10.8 Å². The quantitative estimate of drug-likeness (QED) is 0.622. The Hall–Kier alpha value is -2.99. The first-order valence-corrected chi connectivity index (χ1v) is 7.85. The number of nitrogen functional groups attached to an aromatic ring is 1. The summed E-state index contributed by atoms with van der Waals surface area (Å²) >= 11 is 1.37. The van der Waals surface area contributed by atoms with E-state index < -0.39 is 11.9 Å². The number of carboxylic acid groups (broad SMARTS) is 2. The maximum absolute atomic E-state index is 11.5. The Morgan fingerprint density at radius 1 is 0.792 bits per heavy atom. The number of aromatic carboxylic acids is 2. The van der Waals surface area contributed by atoms with Crippen LogP contribution in [-0.2, 0) is 0 Å². The highest BCUT2D eigenvalue weighted by Gasteiger charge is 2.18. The van der Waals surface area contributed by atoms with Gasteiger partial charge in [0.05, 0.1) is 11.1 Å². The molecule has 0 saturated carbocycles. The van der Waals surface area contributed by atoms with E-state index in [0.29, 0.717) is 11.1 Å². The number of hydrogen-bond donors (Lipinski definition) is 3. The van der Waals surface area contributed by atoms with Gasteiger partial charge in [-0.3, -0.25) is 0 Å². The summed E-state index contributed by atoms with van der Waals surface area (Å²) in [5.74, 6) is -2.33. The second-order valence-corrected chi connectivity index (χ2v) is 6.17. The van der Waals surface area contributed by atoms with Crippen LogP contribution in [0, 0.1) is 0 Å². The molecule has 6 heteroatoms. The molecule has 3 aromatic rings. The van der Waals surface area contributed by atoms with Gasteiger partial charge in [0, 0.05) is 20.9 Å². The minimum atomic E-state index is -1.16. The summed E-state index contributed by atoms with van der Waals surface area (Å²) in [4.78, 5) is 24.6. The Morgan fingerprint density at radius 3 is 2.12 bits per heavy atom. The molecule has 0 fully saturated rings. The van der Waals surface area contributed by atoms with Gasteiger partial charge in [0.1, 0.15) is 0 Å². The SMILES string of the molecule is Nc1ccccc1Sc1ccc(C(=O)O)c2c(C(=O)O)cccc12. The van der Waals surface area contributed by atoms with Crippen molar-refractivity contribution >= 4 is 40.2 Å². The lowest BCUT2D eigenvalue weighted by Gasteiger charge is -2.12. The minimum Gasteiger partial charge on any atom is -0.478 e. The lowest BCUT2D eigenvalue weighted by Crippen LogP contribution is -2.04. The predicted molar refractivity (Wildman–Crippen MR) is 92.8 cm³/mol. The van der Waals surface area contributed by atoms with Crippen LogP contribution >= 0.6 is 11.8 Å². The van der Waals surface area contributed by atoms with Crippen molar-refractivity contribution in [2.75, 3.05) is 5.73 Å². The number of carbonyl (C=O) groups is 2. The minimum absolute atomic E-state index is 0.0339. The van der Waals surface area contributed by atoms with E-state index in [0.717, 1.165) is 9.79 Å². The highest BCUT2D eigenvalue weighted by atomic mass is 32.2. The number of benzene rings is 3. The standard InChI is InChI=1S/C18H13NO4S/c19-13-6-1-2-7-15(13)24-14-9-8-12(18(22)23)16-10(14)4-3-5-11(16)17(20)21/h1-9H,19H2,(H,20,21)(H,22,23). The summed E-state index contributed by atoms with van der Waals surface area (Å²) in [5.41, 5.74) is 6.50. The van der Waals surface area contributed by atoms with Crippen LogP contribution in [0.4, 0.5) is 5.69 Å². The normalized spacial score (nSPS) is 10.7. The number of hydrogen-bond acceptors (Lipinski definition) is 4. The average Bonchev–Trinajstić information content (AvgIpc) is 2.56. The molecule has 3 aromatic carbocycles. The molecule has 0 aliphatic carbocycles. The zero-order chi connectivity index (χ0) is 17.3. The third-order valence-electron chi connectivity index (χ3n) is 3.60. The Morgan fingerprint density at radius 2 is 1.46 bits per heavy atom. The van der Waals surface area contributed by atoms with Crippen molar-refractivity contribution in [2.45, 2.75) is 9.79 Å². The topological polar surface area (TPSA) is 101 Å². The van der Waals surface area contributed by atoms with Crippen LogP contribution in [0.15, 0.2) is 64.4 Å². The van der Waals surface area contributed by atoms with Crippen molar-refractivity contribution in [3.05, 3.63) is 65.7 Å². The molecule has 0 aromatic heterocycles. The van der Waals surface area contributed by atoms with Gasteiger partial charge in [-0.05, 0) is 35.7 Å². The van der Waals surface area contributed by atoms with Crippen LogP contribution in [-0.4, -0.2) is 22.2 Å². The van der Waals surface area contributed by atoms with Crippen LogP contribution in [0.1, 0.15) is 20.7 Å². The number of carboxylic acids is 2. The molecule has 0 bridgehead atoms. The molecule has 0 spiro atoms. The Kier molecular flexibility index (Phi) is 4.14. The molecule has 0 saturated heterocycles. The predicted octanol–water partition coefficient (Wildman–Crippen LogP) is 3.97. The fourth-order valence-corrected chi connectivity index (χ4v) is 3.50. The summed E-state index contributed by atoms with van der Waals surface area (Å²) in [7, 11) is 0. The molecule has 0 atom stereocenters. The smallest absolute Gasteiger partial charge is 0.336 e. The number of para-hydroxylation sites is 1. The zero-order valence-corrected chi connectivity index (χ0v) is 13.2. The van der Waals surface area contributed by atoms with Crippen LogP contribution < -0.4 is 5.73 Å². The second kappa shape index (κ2) is 6.25. The lowest BCUT2D eigenvalue weighted by atomic mass is 9.99. The fraction of sp³-hybridized carbons (Fsp3) is 0. The Bertz CT molecular complexity index is 948. The Labute approximate surface area is 141 Å². The van der Waals surface area contributed by atoms with Crippen molar-refractivity contribution in [1.82, 2.24) is 0 Å². The van der Waals surface area contributed by atoms with E-state index in [-0.39, 0.29) is 16.5 Å². The van der Waals surface area contributed by atoms with E-state index in [9.17, 15) is 19.8 Å². The highest BCUT2D eigenvalue weighted by Crippen LogP contribution is 2.38. The van der Waals surface area contributed by atoms with Gasteiger partial charge in [0.25, 0.3) is 0 Å². The third-order valence-corrected chi connectivity index (χ3v) is 4.77. The molecule has 0 heterocycles. The van der Waals surface area contributed by atoms with Crippen molar-refractivity contribution in [3.63, 3.8) is 0 Å². The molecule has 0 unspecified atom stereocenters. The van der Waals surface area contributed by atoms with Crippen molar-refractivity contribution in [2.24, 2.45) is 0 Å². The first-order valence-electron chi connectivity index (χ1n) is 7.03. The summed E-state index contributed by atoms with van der Waals surface area (Å²) in [6.45, 7) is 0. The molecule has 0 radical (unpaired) electrons. The molecule has 0 aliphatic rings. The van der Waals surface area contributed by atoms with E-state index in [4.69, 9.17) is 5.73 Å². The molecular weight excluding hydrogens is 326 g/mol. The number of fused-ring (bicyclic) bond motifs is 1. The van der Waals surface area contributed by atoms with Crippen LogP contribution in [0.2, 0.25) is 0 Å². The highest BCUT2D eigenvalue weighted by molar-refractivity contribution is 7.99. The number of rotatable bonds is 4. The first kappa shape index (κ1) is 15.9. The van der Waals surface area contributed by atoms with Crippen molar-refractivity contribution in [3.8, 4) is 0 Å². The van der Waals surface area contributed by atoms with E-state index >= 15 is 0 Å². The van der Waals surface area contributed by atoms with Gasteiger partial charge in [-0.1, -0.05) is 36.0 Å². The monoisotopic (exact) mass is 339 g/mol. The second-order valence-electron chi connectivity index (χ2n) is 5.09. The van der Waals surface area contributed by atoms with Gasteiger partial charge in [0.15, 0.2) is 0 Å².